The van der Waals surface area contributed by atoms with Gasteiger partial charge in [-0.05, 0) is 25.1 Å². The quantitative estimate of drug-likeness (QED) is 0.528. The smallest absolute Gasteiger partial charge is 0.323 e. The Morgan fingerprint density at radius 2 is 1.96 bits per heavy atom. The number of fused-ring (bicyclic) bond motifs is 1. The van der Waals surface area contributed by atoms with E-state index in [0.717, 1.165) is 5.82 Å². The number of hydrogen-bond acceptors (Lipinski definition) is 5. The second-order valence-corrected chi connectivity index (χ2v) is 7.05. The fourth-order valence-electron chi connectivity index (χ4n) is 2.13. The van der Waals surface area contributed by atoms with E-state index in [0.29, 0.717) is 21.9 Å². The van der Waals surface area contributed by atoms with E-state index in [9.17, 15) is 9.59 Å². The molecule has 3 aromatic rings. The summed E-state index contributed by atoms with van der Waals surface area (Å²) in [5.41, 5.74) is 1.69. The van der Waals surface area contributed by atoms with Crippen LogP contribution < -0.4 is 11.0 Å². The van der Waals surface area contributed by atoms with Crippen molar-refractivity contribution in [3.05, 3.63) is 34.5 Å². The van der Waals surface area contributed by atoms with Crippen LogP contribution in [-0.4, -0.2) is 36.3 Å². The van der Waals surface area contributed by atoms with Gasteiger partial charge in [0.05, 0.1) is 16.3 Å². The molecule has 1 aromatic carbocycles. The molecule has 3 rings (SSSR count). The lowest BCUT2D eigenvalue weighted by Gasteiger charge is -2.10. The molecule has 0 saturated carbocycles. The van der Waals surface area contributed by atoms with Crippen LogP contribution >= 0.6 is 11.8 Å². The fraction of sp³-hybridized carbons (Fsp3) is 0.333. The lowest BCUT2D eigenvalue weighted by Crippen LogP contribution is -2.22. The summed E-state index contributed by atoms with van der Waals surface area (Å²) in [4.78, 5) is 33.3. The number of carbonyl (C=O) groups excluding carboxylic acids is 1. The molecule has 0 bridgehead atoms. The van der Waals surface area contributed by atoms with Crippen LogP contribution in [0, 0.1) is 0 Å². The molecule has 0 aliphatic carbocycles. The first-order valence-electron chi connectivity index (χ1n) is 7.54. The number of carbonyl (C=O) groups is 1. The van der Waals surface area contributed by atoms with Crippen LogP contribution in [0.25, 0.3) is 11.0 Å². The van der Waals surface area contributed by atoms with Gasteiger partial charge in [0.25, 0.3) is 0 Å². The molecular formula is C15H18N6O2S. The molecule has 0 aliphatic rings. The normalized spacial score (nSPS) is 12.7. The predicted molar refractivity (Wildman–Crippen MR) is 93.3 cm³/mol. The van der Waals surface area contributed by atoms with Crippen molar-refractivity contribution >= 4 is 34.4 Å². The van der Waals surface area contributed by atoms with Gasteiger partial charge in [-0.2, -0.15) is 0 Å². The lowest BCUT2D eigenvalue weighted by atomic mass is 10.2. The third-order valence-electron chi connectivity index (χ3n) is 3.46. The maximum Gasteiger partial charge on any atom is 0.323 e. The van der Waals surface area contributed by atoms with Gasteiger partial charge in [-0.15, -0.1) is 5.10 Å². The molecule has 2 aromatic heterocycles. The summed E-state index contributed by atoms with van der Waals surface area (Å²) >= 11 is 1.29. The molecule has 9 heteroatoms. The third kappa shape index (κ3) is 3.51. The third-order valence-corrected chi connectivity index (χ3v) is 4.43. The average Bonchev–Trinajstić information content (AvgIpc) is 3.12. The molecule has 0 fully saturated rings. The van der Waals surface area contributed by atoms with Crippen molar-refractivity contribution in [1.29, 1.82) is 0 Å². The van der Waals surface area contributed by atoms with E-state index in [4.69, 9.17) is 0 Å². The molecule has 0 saturated heterocycles. The first-order valence-corrected chi connectivity index (χ1v) is 8.42. The first-order chi connectivity index (χ1) is 11.4. The number of hydrogen-bond donors (Lipinski definition) is 4. The van der Waals surface area contributed by atoms with Gasteiger partial charge in [0.15, 0.2) is 0 Å². The highest BCUT2D eigenvalue weighted by molar-refractivity contribution is 8.00. The van der Waals surface area contributed by atoms with Crippen LogP contribution in [0.15, 0.2) is 28.2 Å². The molecule has 4 N–H and O–H groups in total. The van der Waals surface area contributed by atoms with Crippen molar-refractivity contribution in [2.24, 2.45) is 0 Å². The van der Waals surface area contributed by atoms with Crippen molar-refractivity contribution in [3.63, 3.8) is 0 Å². The molecule has 1 atom stereocenters. The molecule has 126 valence electrons. The minimum atomic E-state index is -0.359. The summed E-state index contributed by atoms with van der Waals surface area (Å²) in [7, 11) is 0. The SMILES string of the molecule is CC(C)c1nc(S[C@@H](C)C(=O)Nc2ccc3[nH]c(=O)[nH]c3c2)n[nH]1. The van der Waals surface area contributed by atoms with Gasteiger partial charge in [0.1, 0.15) is 5.82 Å². The summed E-state index contributed by atoms with van der Waals surface area (Å²) in [5.74, 6) is 0.895. The number of amides is 1. The highest BCUT2D eigenvalue weighted by Gasteiger charge is 2.18. The van der Waals surface area contributed by atoms with E-state index in [-0.39, 0.29) is 22.8 Å². The van der Waals surface area contributed by atoms with Crippen molar-refractivity contribution in [2.45, 2.75) is 37.1 Å². The maximum absolute atomic E-state index is 12.3. The van der Waals surface area contributed by atoms with Gasteiger partial charge in [0.2, 0.25) is 11.1 Å². The Balaban J connectivity index is 1.66. The Morgan fingerprint density at radius 3 is 2.67 bits per heavy atom. The zero-order valence-corrected chi connectivity index (χ0v) is 14.3. The number of aromatic nitrogens is 5. The number of nitrogens with zero attached hydrogens (tertiary/aromatic N) is 2. The Hall–Kier alpha value is -2.55. The van der Waals surface area contributed by atoms with Crippen molar-refractivity contribution in [1.82, 2.24) is 25.1 Å². The zero-order valence-electron chi connectivity index (χ0n) is 13.5. The first kappa shape index (κ1) is 16.3. The van der Waals surface area contributed by atoms with Crippen LogP contribution in [0.4, 0.5) is 5.69 Å². The molecular weight excluding hydrogens is 328 g/mol. The van der Waals surface area contributed by atoms with Crippen LogP contribution in [0.5, 0.6) is 0 Å². The number of anilines is 1. The van der Waals surface area contributed by atoms with Crippen LogP contribution in [0.2, 0.25) is 0 Å². The Labute approximate surface area is 141 Å². The minimum Gasteiger partial charge on any atom is -0.325 e. The predicted octanol–water partition coefficient (Wildman–Crippen LogP) is 2.22. The van der Waals surface area contributed by atoms with E-state index >= 15 is 0 Å². The lowest BCUT2D eigenvalue weighted by molar-refractivity contribution is -0.115. The standard InChI is InChI=1S/C15H18N6O2S/c1-7(2)12-19-15(21-20-12)24-8(3)13(22)16-9-4-5-10-11(6-9)18-14(23)17-10/h4-8H,1-3H3,(H,16,22)(H2,17,18,23)(H,19,20,21)/t8-/m0/s1. The van der Waals surface area contributed by atoms with E-state index in [1.54, 1.807) is 25.1 Å². The molecule has 0 spiro atoms. The summed E-state index contributed by atoms with van der Waals surface area (Å²) in [6.07, 6.45) is 0. The van der Waals surface area contributed by atoms with E-state index in [1.165, 1.54) is 11.8 Å². The highest BCUT2D eigenvalue weighted by Crippen LogP contribution is 2.22. The van der Waals surface area contributed by atoms with Crippen LogP contribution in [0.3, 0.4) is 0 Å². The summed E-state index contributed by atoms with van der Waals surface area (Å²) < 4.78 is 0. The number of thioether (sulfide) groups is 1. The van der Waals surface area contributed by atoms with Crippen LogP contribution in [-0.2, 0) is 4.79 Å². The van der Waals surface area contributed by atoms with E-state index in [1.807, 2.05) is 13.8 Å². The number of nitrogens with one attached hydrogen (secondary N) is 4. The average molecular weight is 346 g/mol. The maximum atomic E-state index is 12.3. The number of rotatable bonds is 5. The molecule has 8 nitrogen and oxygen atoms in total. The number of H-pyrrole nitrogens is 3. The minimum absolute atomic E-state index is 0.159. The largest absolute Gasteiger partial charge is 0.325 e. The van der Waals surface area contributed by atoms with E-state index < -0.39 is 0 Å². The molecule has 0 unspecified atom stereocenters. The fourth-order valence-corrected chi connectivity index (χ4v) is 2.87. The topological polar surface area (TPSA) is 119 Å². The second kappa shape index (κ2) is 6.52. The van der Waals surface area contributed by atoms with E-state index in [2.05, 4.69) is 30.5 Å². The van der Waals surface area contributed by atoms with Gasteiger partial charge in [-0.3, -0.25) is 9.89 Å². The van der Waals surface area contributed by atoms with Gasteiger partial charge >= 0.3 is 5.69 Å². The monoisotopic (exact) mass is 346 g/mol. The summed E-state index contributed by atoms with van der Waals surface area (Å²) in [6, 6.07) is 5.20. The van der Waals surface area contributed by atoms with Crippen LogP contribution in [0.1, 0.15) is 32.5 Å². The zero-order chi connectivity index (χ0) is 17.3. The molecule has 1 amide bonds. The summed E-state index contributed by atoms with van der Waals surface area (Å²) in [6.45, 7) is 5.83. The van der Waals surface area contributed by atoms with Gasteiger partial charge < -0.3 is 15.3 Å². The summed E-state index contributed by atoms with van der Waals surface area (Å²) in [5, 5.41) is 10.0. The van der Waals surface area contributed by atoms with Crippen molar-refractivity contribution < 1.29 is 4.79 Å². The Bertz CT molecular complexity index is 925. The molecule has 0 radical (unpaired) electrons. The molecule has 24 heavy (non-hydrogen) atoms. The van der Waals surface area contributed by atoms with Crippen molar-refractivity contribution in [3.8, 4) is 0 Å². The van der Waals surface area contributed by atoms with Gasteiger partial charge in [0, 0.05) is 11.6 Å². The Kier molecular flexibility index (Phi) is 4.43. The number of aromatic amines is 3. The second-order valence-electron chi connectivity index (χ2n) is 5.75. The van der Waals surface area contributed by atoms with Crippen molar-refractivity contribution in [2.75, 3.05) is 5.32 Å². The molecule has 0 aliphatic heterocycles. The van der Waals surface area contributed by atoms with Gasteiger partial charge in [-0.1, -0.05) is 25.6 Å². The molecule has 2 heterocycles. The van der Waals surface area contributed by atoms with Gasteiger partial charge in [-0.25, -0.2) is 9.78 Å². The highest BCUT2D eigenvalue weighted by atomic mass is 32.2. The Morgan fingerprint density at radius 1 is 1.21 bits per heavy atom. The number of benzene rings is 1. The number of imidazole rings is 1.